The summed E-state index contributed by atoms with van der Waals surface area (Å²) in [6.45, 7) is 7.72. The quantitative estimate of drug-likeness (QED) is 0.328. The van der Waals surface area contributed by atoms with Crippen molar-refractivity contribution in [2.24, 2.45) is 5.14 Å². The molecule has 8 nitrogen and oxygen atoms in total. The fourth-order valence-corrected chi connectivity index (χ4v) is 4.97. The van der Waals surface area contributed by atoms with Crippen molar-refractivity contribution in [3.05, 3.63) is 81.1 Å². The second kappa shape index (κ2) is 9.27. The molecule has 1 aliphatic rings. The minimum absolute atomic E-state index is 0.0223. The molecule has 1 saturated heterocycles. The van der Waals surface area contributed by atoms with Crippen LogP contribution in [-0.2, 0) is 14.8 Å². The molecule has 4 rings (SSSR count). The van der Waals surface area contributed by atoms with E-state index in [4.69, 9.17) is 33.8 Å². The molecule has 1 aliphatic heterocycles. The Kier molecular flexibility index (Phi) is 6.55. The van der Waals surface area contributed by atoms with Crippen molar-refractivity contribution in [1.82, 2.24) is 0 Å². The van der Waals surface area contributed by atoms with E-state index < -0.39 is 10.0 Å². The number of ether oxygens (including phenoxy) is 1. The number of carbonyl (C=O) groups is 1. The van der Waals surface area contributed by atoms with E-state index in [0.29, 0.717) is 27.5 Å². The Morgan fingerprint density at radius 3 is 2.62 bits per heavy atom. The number of sulfonamides is 1. The number of carbonyl (C=O) groups excluding carboxylic acids is 1. The summed E-state index contributed by atoms with van der Waals surface area (Å²) >= 11 is 9.71. The number of primary sulfonamides is 1. The van der Waals surface area contributed by atoms with Crippen LogP contribution in [0.15, 0.2) is 64.0 Å². The SMILES string of the molecule is [C-]#[N+]c1cccc(Cl)c1Oc1cc([C@H]2CC(=O)N(c3ccc(S(N)(=O)=O)c(N)c3)C2)ccc1Br. The Morgan fingerprint density at radius 2 is 1.94 bits per heavy atom. The number of anilines is 2. The van der Waals surface area contributed by atoms with Gasteiger partial charge in [-0.3, -0.25) is 4.79 Å². The van der Waals surface area contributed by atoms with Crippen molar-refractivity contribution in [3.63, 3.8) is 0 Å². The van der Waals surface area contributed by atoms with Crippen molar-refractivity contribution in [1.29, 1.82) is 0 Å². The third-order valence-corrected chi connectivity index (χ3v) is 7.38. The summed E-state index contributed by atoms with van der Waals surface area (Å²) in [5.74, 6) is 0.447. The largest absolute Gasteiger partial charge is 0.466 e. The van der Waals surface area contributed by atoms with Crippen LogP contribution in [-0.4, -0.2) is 20.9 Å². The van der Waals surface area contributed by atoms with Gasteiger partial charge in [0.1, 0.15) is 10.6 Å². The third-order valence-electron chi connectivity index (χ3n) is 5.44. The van der Waals surface area contributed by atoms with Gasteiger partial charge in [0, 0.05) is 24.6 Å². The Morgan fingerprint density at radius 1 is 1.18 bits per heavy atom. The third kappa shape index (κ3) is 4.74. The van der Waals surface area contributed by atoms with Crippen LogP contribution in [0.5, 0.6) is 11.5 Å². The summed E-state index contributed by atoms with van der Waals surface area (Å²) in [5.41, 5.74) is 7.47. The number of nitrogens with two attached hydrogens (primary N) is 2. The van der Waals surface area contributed by atoms with E-state index in [-0.39, 0.29) is 40.3 Å². The first-order chi connectivity index (χ1) is 16.1. The molecule has 174 valence electrons. The summed E-state index contributed by atoms with van der Waals surface area (Å²) in [5, 5.41) is 5.48. The number of hydrogen-bond donors (Lipinski definition) is 2. The summed E-state index contributed by atoms with van der Waals surface area (Å²) in [6.07, 6.45) is 0.247. The van der Waals surface area contributed by atoms with E-state index in [9.17, 15) is 13.2 Å². The smallest absolute Gasteiger partial charge is 0.240 e. The molecule has 0 radical (unpaired) electrons. The van der Waals surface area contributed by atoms with Gasteiger partial charge >= 0.3 is 0 Å². The fourth-order valence-electron chi connectivity index (χ4n) is 3.79. The highest BCUT2D eigenvalue weighted by Gasteiger charge is 2.32. The van der Waals surface area contributed by atoms with Crippen molar-refractivity contribution >= 4 is 60.5 Å². The number of benzene rings is 3. The lowest BCUT2D eigenvalue weighted by molar-refractivity contribution is -0.117. The molecule has 0 saturated carbocycles. The predicted octanol–water partition coefficient (Wildman–Crippen LogP) is 5.20. The average molecular weight is 562 g/mol. The van der Waals surface area contributed by atoms with Gasteiger partial charge in [0.15, 0.2) is 5.75 Å². The molecule has 3 aromatic carbocycles. The normalized spacial score (nSPS) is 15.9. The van der Waals surface area contributed by atoms with E-state index in [1.165, 1.54) is 18.2 Å². The Hall–Kier alpha value is -3.10. The van der Waals surface area contributed by atoms with Crippen molar-refractivity contribution in [3.8, 4) is 11.5 Å². The number of hydrogen-bond acceptors (Lipinski definition) is 5. The molecule has 4 N–H and O–H groups in total. The lowest BCUT2D eigenvalue weighted by Gasteiger charge is -2.19. The number of halogens is 2. The van der Waals surface area contributed by atoms with Crippen LogP contribution in [0.2, 0.25) is 5.02 Å². The van der Waals surface area contributed by atoms with Gasteiger partial charge in [-0.05, 0) is 57.9 Å². The summed E-state index contributed by atoms with van der Waals surface area (Å²) in [4.78, 5) is 17.6. The van der Waals surface area contributed by atoms with Gasteiger partial charge in [-0.2, -0.15) is 0 Å². The van der Waals surface area contributed by atoms with E-state index in [2.05, 4.69) is 20.8 Å². The molecule has 34 heavy (non-hydrogen) atoms. The molecule has 1 fully saturated rings. The molecular weight excluding hydrogens is 544 g/mol. The van der Waals surface area contributed by atoms with Gasteiger partial charge in [-0.1, -0.05) is 29.8 Å². The van der Waals surface area contributed by atoms with E-state index >= 15 is 0 Å². The number of para-hydroxylation sites is 1. The minimum Gasteiger partial charge on any atom is -0.466 e. The predicted molar refractivity (Wildman–Crippen MR) is 134 cm³/mol. The first-order valence-corrected chi connectivity index (χ1v) is 12.7. The Bertz CT molecular complexity index is 1460. The molecule has 11 heteroatoms. The summed E-state index contributed by atoms with van der Waals surface area (Å²) in [7, 11) is -3.96. The van der Waals surface area contributed by atoms with E-state index in [1.807, 2.05) is 12.1 Å². The van der Waals surface area contributed by atoms with Crippen LogP contribution in [0.4, 0.5) is 17.1 Å². The second-order valence-electron chi connectivity index (χ2n) is 7.66. The molecule has 1 atom stereocenters. The van der Waals surface area contributed by atoms with Gasteiger partial charge in [0.2, 0.25) is 21.6 Å². The van der Waals surface area contributed by atoms with Crippen LogP contribution in [0.25, 0.3) is 4.85 Å². The number of nitrogens with zero attached hydrogens (tertiary/aromatic N) is 2. The molecular formula is C23H18BrClN4O4S. The highest BCUT2D eigenvalue weighted by atomic mass is 79.9. The van der Waals surface area contributed by atoms with Gasteiger partial charge < -0.3 is 15.4 Å². The van der Waals surface area contributed by atoms with Crippen LogP contribution in [0.1, 0.15) is 17.9 Å². The van der Waals surface area contributed by atoms with Crippen LogP contribution < -0.4 is 20.5 Å². The highest BCUT2D eigenvalue weighted by molar-refractivity contribution is 9.10. The zero-order chi connectivity index (χ0) is 24.6. The van der Waals surface area contributed by atoms with Gasteiger partial charge in [-0.25, -0.2) is 18.4 Å². The van der Waals surface area contributed by atoms with Crippen LogP contribution in [0.3, 0.4) is 0 Å². The Labute approximate surface area is 210 Å². The lowest BCUT2D eigenvalue weighted by Crippen LogP contribution is -2.24. The number of nitrogen functional groups attached to an aromatic ring is 1. The van der Waals surface area contributed by atoms with Crippen molar-refractivity contribution < 1.29 is 17.9 Å². The Balaban J connectivity index is 1.61. The fraction of sp³-hybridized carbons (Fsp3) is 0.130. The first kappa shape index (κ1) is 24.0. The molecule has 1 heterocycles. The molecule has 0 spiro atoms. The van der Waals surface area contributed by atoms with Gasteiger partial charge in [0.25, 0.3) is 0 Å². The maximum atomic E-state index is 12.8. The maximum absolute atomic E-state index is 12.8. The lowest BCUT2D eigenvalue weighted by atomic mass is 9.98. The summed E-state index contributed by atoms with van der Waals surface area (Å²) in [6, 6.07) is 14.7. The number of rotatable bonds is 5. The standard InChI is InChI=1S/C23H18BrClN4O4S/c1-28-19-4-2-3-17(25)23(19)33-20-9-13(5-7-16(20)24)14-10-22(30)29(12-14)15-6-8-21(18(26)11-15)34(27,31)32/h2-9,11,14H,10,12,26H2,(H2,27,31,32)/t14-/m0/s1. The summed E-state index contributed by atoms with van der Waals surface area (Å²) < 4.78 is 29.9. The number of amides is 1. The van der Waals surface area contributed by atoms with Crippen molar-refractivity contribution in [2.45, 2.75) is 17.2 Å². The van der Waals surface area contributed by atoms with Gasteiger partial charge in [-0.15, -0.1) is 0 Å². The van der Waals surface area contributed by atoms with E-state index in [1.54, 1.807) is 29.2 Å². The van der Waals surface area contributed by atoms with Crippen molar-refractivity contribution in [2.75, 3.05) is 17.2 Å². The van der Waals surface area contributed by atoms with E-state index in [0.717, 1.165) is 5.56 Å². The molecule has 0 bridgehead atoms. The zero-order valence-electron chi connectivity index (χ0n) is 17.5. The molecule has 0 aliphatic carbocycles. The highest BCUT2D eigenvalue weighted by Crippen LogP contribution is 2.42. The second-order valence-corrected chi connectivity index (χ2v) is 10.5. The first-order valence-electron chi connectivity index (χ1n) is 9.94. The zero-order valence-corrected chi connectivity index (χ0v) is 20.7. The van der Waals surface area contributed by atoms with Crippen LogP contribution in [0, 0.1) is 6.57 Å². The molecule has 3 aromatic rings. The molecule has 0 unspecified atom stereocenters. The molecule has 1 amide bonds. The maximum Gasteiger partial charge on any atom is 0.240 e. The van der Waals surface area contributed by atoms with Crippen LogP contribution >= 0.6 is 27.5 Å². The minimum atomic E-state index is -3.96. The van der Waals surface area contributed by atoms with Gasteiger partial charge in [0.05, 0.1) is 21.8 Å². The molecule has 0 aromatic heterocycles. The average Bonchev–Trinajstić information content (AvgIpc) is 3.17. The topological polar surface area (TPSA) is 120 Å². The monoisotopic (exact) mass is 560 g/mol.